The molecule has 0 radical (unpaired) electrons. The van der Waals surface area contributed by atoms with Crippen LogP contribution < -0.4 is 21.2 Å². The van der Waals surface area contributed by atoms with Crippen LogP contribution in [0.5, 0.6) is 0 Å². The Morgan fingerprint density at radius 3 is 2.41 bits per heavy atom. The van der Waals surface area contributed by atoms with E-state index in [4.69, 9.17) is 0 Å². The molecule has 0 aliphatic heterocycles. The lowest BCUT2D eigenvalue weighted by molar-refractivity contribution is -0.558. The van der Waals surface area contributed by atoms with Gasteiger partial charge >= 0.3 is 36.8 Å². The highest BCUT2D eigenvalue weighted by Crippen LogP contribution is 2.27. The number of alkyl halides is 3. The minimum atomic E-state index is -5.59. The van der Waals surface area contributed by atoms with Gasteiger partial charge in [-0.05, 0) is 18.6 Å². The van der Waals surface area contributed by atoms with Crippen LogP contribution in [0.3, 0.4) is 0 Å². The molecule has 124 valence electrons. The molecule has 0 bridgehead atoms. The van der Waals surface area contributed by atoms with Crippen LogP contribution in [-0.2, 0) is 14.3 Å². The van der Waals surface area contributed by atoms with Gasteiger partial charge in [0, 0.05) is 6.42 Å². The molecule has 0 amide bonds. The summed E-state index contributed by atoms with van der Waals surface area (Å²) in [5.74, 6) is -0.109. The largest absolute Gasteiger partial charge is 0.534 e. The number of hydrogen-bond donors (Lipinski definition) is 0. The summed E-state index contributed by atoms with van der Waals surface area (Å²) in [5, 5.41) is 0. The number of benzene rings is 1. The van der Waals surface area contributed by atoms with Gasteiger partial charge in [0.15, 0.2) is 13.4 Å². The average Bonchev–Trinajstić information content (AvgIpc) is 2.44. The molecule has 1 rings (SSSR count). The van der Waals surface area contributed by atoms with Crippen molar-refractivity contribution in [2.45, 2.75) is 38.1 Å². The van der Waals surface area contributed by atoms with Crippen LogP contribution in [0.15, 0.2) is 40.2 Å². The van der Waals surface area contributed by atoms with Crippen molar-refractivity contribution < 1.29 is 47.0 Å². The van der Waals surface area contributed by atoms with Gasteiger partial charge < -0.3 is 4.18 Å². The summed E-state index contributed by atoms with van der Waals surface area (Å²) in [6.07, 6.45) is 2.47. The number of allylic oxidation sites excluding steroid dienone is 1. The molecule has 0 aliphatic rings. The molecule has 0 aliphatic carbocycles. The molecule has 0 atom stereocenters. The molecule has 0 aromatic heterocycles. The number of halogens is 4. The first-order chi connectivity index (χ1) is 10.3. The van der Waals surface area contributed by atoms with Gasteiger partial charge in [0.25, 0.3) is 0 Å². The Hall–Kier alpha value is -0.770. The summed E-state index contributed by atoms with van der Waals surface area (Å²) in [6.45, 7) is 1.95. The molecule has 22 heavy (non-hydrogen) atoms. The van der Waals surface area contributed by atoms with Gasteiger partial charge in [-0.15, -0.1) is 0 Å². The number of unbranched alkanes of at least 4 members (excludes halogenated alkanes) is 2. The van der Waals surface area contributed by atoms with Crippen molar-refractivity contribution in [2.24, 2.45) is 0 Å². The van der Waals surface area contributed by atoms with Crippen molar-refractivity contribution in [2.75, 3.05) is 0 Å². The summed E-state index contributed by atoms with van der Waals surface area (Å²) in [5.41, 5.74) is -5.40. The van der Waals surface area contributed by atoms with E-state index >= 15 is 0 Å². The lowest BCUT2D eigenvalue weighted by Crippen LogP contribution is -3.59. The van der Waals surface area contributed by atoms with Gasteiger partial charge in [0.05, 0.1) is 0 Å². The van der Waals surface area contributed by atoms with Gasteiger partial charge in [-0.1, -0.05) is 38.0 Å². The zero-order valence-electron chi connectivity index (χ0n) is 11.9. The van der Waals surface area contributed by atoms with Gasteiger partial charge in [-0.25, -0.2) is 0 Å². The number of hydrogen-bond acceptors (Lipinski definition) is 3. The molecule has 0 heterocycles. The van der Waals surface area contributed by atoms with E-state index in [1.54, 1.807) is 0 Å². The average molecular weight is 449 g/mol. The summed E-state index contributed by atoms with van der Waals surface area (Å²) in [4.78, 5) is 0. The second-order valence-corrected chi connectivity index (χ2v) is 8.45. The van der Waals surface area contributed by atoms with E-state index in [1.807, 2.05) is 37.3 Å². The van der Waals surface area contributed by atoms with Gasteiger partial charge in [-0.2, -0.15) is 21.6 Å². The molecule has 0 N–H and O–H groups in total. The van der Waals surface area contributed by atoms with E-state index in [1.165, 1.54) is 4.08 Å². The zero-order valence-corrected chi connectivity index (χ0v) is 14.9. The van der Waals surface area contributed by atoms with Gasteiger partial charge in [0.2, 0.25) is 0 Å². The van der Waals surface area contributed by atoms with E-state index in [2.05, 4.69) is 4.18 Å². The minimum Gasteiger partial charge on any atom is -0.376 e. The van der Waals surface area contributed by atoms with Gasteiger partial charge in [-0.3, -0.25) is 0 Å². The van der Waals surface area contributed by atoms with Crippen molar-refractivity contribution in [3.8, 4) is 0 Å². The quantitative estimate of drug-likeness (QED) is 0.197. The Morgan fingerprint density at radius 1 is 1.23 bits per heavy atom. The van der Waals surface area contributed by atoms with Crippen LogP contribution in [0.2, 0.25) is 0 Å². The molecular weight excluding hydrogens is 432 g/mol. The van der Waals surface area contributed by atoms with Crippen LogP contribution in [0.1, 0.15) is 32.6 Å². The Kier molecular flexibility index (Phi) is 7.67. The van der Waals surface area contributed by atoms with E-state index < -0.39 is 36.8 Å². The molecule has 0 saturated heterocycles. The molecule has 0 spiro atoms. The maximum absolute atomic E-state index is 12.4. The van der Waals surface area contributed by atoms with Crippen molar-refractivity contribution in [1.29, 1.82) is 0 Å². The summed E-state index contributed by atoms with van der Waals surface area (Å²) < 4.78 is 66.3. The smallest absolute Gasteiger partial charge is 0.376 e. The zero-order chi connectivity index (χ0) is 16.6. The Labute approximate surface area is 138 Å². The minimum absolute atomic E-state index is 0.109. The van der Waals surface area contributed by atoms with E-state index in [9.17, 15) is 21.6 Å². The maximum atomic E-state index is 12.4. The monoisotopic (exact) mass is 449 g/mol. The molecule has 1 aromatic rings. The molecular formula is C14H17F3IO3S+. The Bertz CT molecular complexity index is 583. The molecule has 8 heteroatoms. The van der Waals surface area contributed by atoms with Gasteiger partial charge in [0.1, 0.15) is 0 Å². The van der Waals surface area contributed by atoms with Crippen LogP contribution >= 0.6 is 0 Å². The van der Waals surface area contributed by atoms with Crippen LogP contribution in [0, 0.1) is 3.57 Å². The highest BCUT2D eigenvalue weighted by molar-refractivity contribution is 7.87. The molecule has 0 unspecified atom stereocenters. The molecule has 1 aromatic carbocycles. The first kappa shape index (κ1) is 19.3. The van der Waals surface area contributed by atoms with E-state index in [-0.39, 0.29) is 12.2 Å². The second-order valence-electron chi connectivity index (χ2n) is 4.42. The van der Waals surface area contributed by atoms with E-state index in [0.29, 0.717) is 6.42 Å². The molecule has 0 fully saturated rings. The SMILES string of the molecule is CCCCC/C(=C\[I+]c1ccccc1)OS(=O)(=O)C(F)(F)F. The summed E-state index contributed by atoms with van der Waals surface area (Å²) in [7, 11) is -5.59. The second kappa shape index (κ2) is 8.76. The van der Waals surface area contributed by atoms with Crippen molar-refractivity contribution in [3.63, 3.8) is 0 Å². The van der Waals surface area contributed by atoms with Crippen molar-refractivity contribution >= 4 is 10.1 Å². The maximum Gasteiger partial charge on any atom is 0.534 e. The lowest BCUT2D eigenvalue weighted by atomic mass is 10.2. The predicted molar refractivity (Wildman–Crippen MR) is 73.4 cm³/mol. The fourth-order valence-corrected chi connectivity index (χ4v) is 4.12. The fraction of sp³-hybridized carbons (Fsp3) is 0.429. The first-order valence-corrected chi connectivity index (χ1v) is 10.4. The van der Waals surface area contributed by atoms with Crippen LogP contribution in [0.4, 0.5) is 13.2 Å². The molecule has 3 nitrogen and oxygen atoms in total. The topological polar surface area (TPSA) is 43.4 Å². The third-order valence-electron chi connectivity index (χ3n) is 2.56. The number of rotatable bonds is 8. The lowest BCUT2D eigenvalue weighted by Gasteiger charge is -2.10. The Balaban J connectivity index is 2.84. The standard InChI is InChI=1S/C14H17F3IO3S/c1-2-3-5-10-13(21-22(19,20)14(15,16)17)11-18-12-8-6-4-7-9-12/h4,6-9,11H,2-3,5,10H2,1H3/q+1/b13-11+. The van der Waals surface area contributed by atoms with Crippen LogP contribution in [-0.4, -0.2) is 13.9 Å². The normalized spacial score (nSPS) is 13.2. The summed E-state index contributed by atoms with van der Waals surface area (Å²) in [6, 6.07) is 9.20. The fourth-order valence-electron chi connectivity index (χ4n) is 1.46. The molecule has 0 saturated carbocycles. The van der Waals surface area contributed by atoms with E-state index in [0.717, 1.165) is 16.4 Å². The van der Waals surface area contributed by atoms with Crippen molar-refractivity contribution in [3.05, 3.63) is 43.7 Å². The van der Waals surface area contributed by atoms with Crippen LogP contribution in [0.25, 0.3) is 0 Å². The van der Waals surface area contributed by atoms with Crippen molar-refractivity contribution in [1.82, 2.24) is 0 Å². The predicted octanol–water partition coefficient (Wildman–Crippen LogP) is 1.23. The third kappa shape index (κ3) is 6.55. The first-order valence-electron chi connectivity index (χ1n) is 6.64. The Morgan fingerprint density at radius 2 is 1.86 bits per heavy atom. The highest BCUT2D eigenvalue weighted by atomic mass is 127. The third-order valence-corrected chi connectivity index (χ3v) is 6.01. The highest BCUT2D eigenvalue weighted by Gasteiger charge is 2.49. The summed E-state index contributed by atoms with van der Waals surface area (Å²) >= 11 is -0.746.